The van der Waals surface area contributed by atoms with Gasteiger partial charge in [0.05, 0.1) is 0 Å². The van der Waals surface area contributed by atoms with Crippen LogP contribution >= 0.6 is 0 Å². The number of carbonyl (C=O) groups excluding carboxylic acids is 1. The number of amides is 1. The Balaban J connectivity index is 2.20. The van der Waals surface area contributed by atoms with E-state index in [1.165, 1.54) is 12.8 Å². The molecule has 2 rings (SSSR count). The minimum Gasteiger partial charge on any atom is -0.339 e. The van der Waals surface area contributed by atoms with Crippen molar-refractivity contribution in [3.8, 4) is 0 Å². The molecular weight excluding hydrogens is 212 g/mol. The molecule has 3 nitrogen and oxygen atoms in total. The van der Waals surface area contributed by atoms with Gasteiger partial charge in [-0.05, 0) is 38.3 Å². The summed E-state index contributed by atoms with van der Waals surface area (Å²) >= 11 is 0. The number of likely N-dealkylation sites (tertiary alicyclic amines) is 1. The van der Waals surface area contributed by atoms with E-state index in [0.717, 1.165) is 42.8 Å². The van der Waals surface area contributed by atoms with Crippen LogP contribution in [0.15, 0.2) is 12.3 Å². The number of nitrogens with zero attached hydrogens (tertiary/aromatic N) is 2. The molecule has 0 spiro atoms. The molecule has 2 heterocycles. The second-order valence-electron chi connectivity index (χ2n) is 4.78. The van der Waals surface area contributed by atoms with Crippen LogP contribution in [0.25, 0.3) is 0 Å². The summed E-state index contributed by atoms with van der Waals surface area (Å²) in [6.45, 7) is 5.74. The lowest BCUT2D eigenvalue weighted by Gasteiger charge is -2.21. The molecule has 1 fully saturated rings. The van der Waals surface area contributed by atoms with Gasteiger partial charge >= 0.3 is 0 Å². The van der Waals surface area contributed by atoms with E-state index in [-0.39, 0.29) is 5.91 Å². The SMILES string of the molecule is Cc1nccc(C(=O)N2CCCCCC2)c1C. The fourth-order valence-corrected chi connectivity index (χ4v) is 2.32. The molecule has 1 aliphatic rings. The van der Waals surface area contributed by atoms with Crippen molar-refractivity contribution in [2.45, 2.75) is 39.5 Å². The normalized spacial score (nSPS) is 16.7. The van der Waals surface area contributed by atoms with Crippen molar-refractivity contribution < 1.29 is 4.79 Å². The molecule has 0 bridgehead atoms. The summed E-state index contributed by atoms with van der Waals surface area (Å²) in [4.78, 5) is 18.6. The summed E-state index contributed by atoms with van der Waals surface area (Å²) in [5.74, 6) is 0.176. The molecular formula is C14H20N2O. The number of hydrogen-bond donors (Lipinski definition) is 0. The summed E-state index contributed by atoms with van der Waals surface area (Å²) in [6.07, 6.45) is 6.49. The van der Waals surface area contributed by atoms with Crippen molar-refractivity contribution in [2.75, 3.05) is 13.1 Å². The molecule has 0 aromatic carbocycles. The Morgan fingerprint density at radius 1 is 1.18 bits per heavy atom. The lowest BCUT2D eigenvalue weighted by molar-refractivity contribution is 0.0760. The molecule has 0 radical (unpaired) electrons. The van der Waals surface area contributed by atoms with Crippen molar-refractivity contribution in [1.29, 1.82) is 0 Å². The van der Waals surface area contributed by atoms with Gasteiger partial charge in [-0.15, -0.1) is 0 Å². The van der Waals surface area contributed by atoms with Crippen molar-refractivity contribution >= 4 is 5.91 Å². The molecule has 17 heavy (non-hydrogen) atoms. The van der Waals surface area contributed by atoms with E-state index in [2.05, 4.69) is 4.98 Å². The standard InChI is InChI=1S/C14H20N2O/c1-11-12(2)15-8-7-13(11)14(17)16-9-5-3-4-6-10-16/h7-8H,3-6,9-10H2,1-2H3. The third kappa shape index (κ3) is 2.65. The van der Waals surface area contributed by atoms with E-state index in [1.54, 1.807) is 6.20 Å². The van der Waals surface area contributed by atoms with Crippen LogP contribution < -0.4 is 0 Å². The first-order chi connectivity index (χ1) is 8.20. The highest BCUT2D eigenvalue weighted by atomic mass is 16.2. The van der Waals surface area contributed by atoms with Crippen LogP contribution in [0.1, 0.15) is 47.3 Å². The molecule has 0 aliphatic carbocycles. The Labute approximate surface area is 103 Å². The first kappa shape index (κ1) is 12.1. The zero-order valence-corrected chi connectivity index (χ0v) is 10.7. The van der Waals surface area contributed by atoms with Crippen LogP contribution in [0.4, 0.5) is 0 Å². The molecule has 1 aliphatic heterocycles. The molecule has 0 unspecified atom stereocenters. The van der Waals surface area contributed by atoms with Crippen LogP contribution in [0.2, 0.25) is 0 Å². The number of aromatic nitrogens is 1. The zero-order valence-electron chi connectivity index (χ0n) is 10.7. The van der Waals surface area contributed by atoms with Crippen molar-refractivity contribution in [1.82, 2.24) is 9.88 Å². The predicted molar refractivity (Wildman–Crippen MR) is 68.1 cm³/mol. The highest BCUT2D eigenvalue weighted by molar-refractivity contribution is 5.95. The van der Waals surface area contributed by atoms with Crippen molar-refractivity contribution in [2.24, 2.45) is 0 Å². The van der Waals surface area contributed by atoms with Gasteiger partial charge in [0.1, 0.15) is 0 Å². The van der Waals surface area contributed by atoms with E-state index in [1.807, 2.05) is 24.8 Å². The Bertz CT molecular complexity index is 407. The fourth-order valence-electron chi connectivity index (χ4n) is 2.32. The van der Waals surface area contributed by atoms with Crippen LogP contribution in [0.3, 0.4) is 0 Å². The number of pyridine rings is 1. The van der Waals surface area contributed by atoms with Gasteiger partial charge in [-0.2, -0.15) is 0 Å². The quantitative estimate of drug-likeness (QED) is 0.746. The topological polar surface area (TPSA) is 33.2 Å². The van der Waals surface area contributed by atoms with E-state index < -0.39 is 0 Å². The molecule has 0 saturated carbocycles. The largest absolute Gasteiger partial charge is 0.339 e. The van der Waals surface area contributed by atoms with Gasteiger partial charge < -0.3 is 4.90 Å². The third-order valence-corrected chi connectivity index (χ3v) is 3.58. The first-order valence-electron chi connectivity index (χ1n) is 6.41. The summed E-state index contributed by atoms with van der Waals surface area (Å²) in [7, 11) is 0. The van der Waals surface area contributed by atoms with Crippen LogP contribution in [0, 0.1) is 13.8 Å². The van der Waals surface area contributed by atoms with Gasteiger partial charge in [0.2, 0.25) is 0 Å². The first-order valence-corrected chi connectivity index (χ1v) is 6.41. The van der Waals surface area contributed by atoms with E-state index in [9.17, 15) is 4.79 Å². The Morgan fingerprint density at radius 2 is 1.82 bits per heavy atom. The molecule has 1 saturated heterocycles. The highest BCUT2D eigenvalue weighted by Gasteiger charge is 2.19. The summed E-state index contributed by atoms with van der Waals surface area (Å²) < 4.78 is 0. The Hall–Kier alpha value is -1.38. The Kier molecular flexibility index (Phi) is 3.77. The third-order valence-electron chi connectivity index (χ3n) is 3.58. The van der Waals surface area contributed by atoms with Gasteiger partial charge in [0, 0.05) is 30.5 Å². The maximum atomic E-state index is 12.4. The van der Waals surface area contributed by atoms with E-state index >= 15 is 0 Å². The van der Waals surface area contributed by atoms with Gasteiger partial charge in [-0.3, -0.25) is 9.78 Å². The van der Waals surface area contributed by atoms with Gasteiger partial charge in [-0.25, -0.2) is 0 Å². The van der Waals surface area contributed by atoms with Crippen molar-refractivity contribution in [3.05, 3.63) is 29.1 Å². The number of rotatable bonds is 1. The molecule has 0 atom stereocenters. The average Bonchev–Trinajstić information content (AvgIpc) is 2.60. The van der Waals surface area contributed by atoms with Crippen molar-refractivity contribution in [3.63, 3.8) is 0 Å². The predicted octanol–water partition coefficient (Wildman–Crippen LogP) is 2.71. The molecule has 92 valence electrons. The van der Waals surface area contributed by atoms with E-state index in [0.29, 0.717) is 0 Å². The zero-order chi connectivity index (χ0) is 12.3. The number of hydrogen-bond acceptors (Lipinski definition) is 2. The maximum absolute atomic E-state index is 12.4. The minimum absolute atomic E-state index is 0.176. The number of carbonyl (C=O) groups is 1. The van der Waals surface area contributed by atoms with E-state index in [4.69, 9.17) is 0 Å². The number of aryl methyl sites for hydroxylation is 1. The monoisotopic (exact) mass is 232 g/mol. The van der Waals surface area contributed by atoms with Crippen LogP contribution in [-0.2, 0) is 0 Å². The van der Waals surface area contributed by atoms with Gasteiger partial charge in [0.25, 0.3) is 5.91 Å². The van der Waals surface area contributed by atoms with Gasteiger partial charge in [-0.1, -0.05) is 12.8 Å². The molecule has 1 aromatic heterocycles. The smallest absolute Gasteiger partial charge is 0.254 e. The summed E-state index contributed by atoms with van der Waals surface area (Å²) in [5, 5.41) is 0. The molecule has 0 N–H and O–H groups in total. The van der Waals surface area contributed by atoms with Crippen LogP contribution in [-0.4, -0.2) is 28.9 Å². The van der Waals surface area contributed by atoms with Crippen LogP contribution in [0.5, 0.6) is 0 Å². The molecule has 1 amide bonds. The summed E-state index contributed by atoms with van der Waals surface area (Å²) in [6, 6.07) is 1.84. The van der Waals surface area contributed by atoms with Gasteiger partial charge in [0.15, 0.2) is 0 Å². The lowest BCUT2D eigenvalue weighted by Crippen LogP contribution is -2.32. The second kappa shape index (κ2) is 5.30. The second-order valence-corrected chi connectivity index (χ2v) is 4.78. The average molecular weight is 232 g/mol. The lowest BCUT2D eigenvalue weighted by atomic mass is 10.1. The molecule has 1 aromatic rings. The highest BCUT2D eigenvalue weighted by Crippen LogP contribution is 2.16. The Morgan fingerprint density at radius 3 is 2.47 bits per heavy atom. The summed E-state index contributed by atoms with van der Waals surface area (Å²) in [5.41, 5.74) is 2.78. The maximum Gasteiger partial charge on any atom is 0.254 e. The molecule has 3 heteroatoms. The fraction of sp³-hybridized carbons (Fsp3) is 0.571. The minimum atomic E-state index is 0.176.